The fraction of sp³-hybridized carbons (Fsp3) is 0.235. The fourth-order valence-electron chi connectivity index (χ4n) is 3.17. The fourth-order valence-corrected chi connectivity index (χ4v) is 3.57. The Hall–Kier alpha value is -2.13. The molecule has 7 nitrogen and oxygen atoms in total. The van der Waals surface area contributed by atoms with Crippen LogP contribution in [0.25, 0.3) is 11.0 Å². The molecule has 1 aliphatic carbocycles. The molecule has 27 heavy (non-hydrogen) atoms. The third-order valence-corrected chi connectivity index (χ3v) is 5.46. The normalized spacial score (nSPS) is 13.9. The Morgan fingerprint density at radius 3 is 2.48 bits per heavy atom. The van der Waals surface area contributed by atoms with Gasteiger partial charge in [0.1, 0.15) is 10.8 Å². The molecular formula is C17H14BCl2N3O4. The van der Waals surface area contributed by atoms with Crippen LogP contribution in [-0.2, 0) is 6.54 Å². The summed E-state index contributed by atoms with van der Waals surface area (Å²) in [6, 6.07) is 8.42. The van der Waals surface area contributed by atoms with Crippen molar-refractivity contribution in [1.82, 2.24) is 9.55 Å². The molecule has 1 aliphatic rings. The number of halogens is 2. The van der Waals surface area contributed by atoms with E-state index in [2.05, 4.69) is 4.98 Å². The summed E-state index contributed by atoms with van der Waals surface area (Å²) < 4.78 is 1.92. The predicted molar refractivity (Wildman–Crippen MR) is 104 cm³/mol. The van der Waals surface area contributed by atoms with E-state index in [9.17, 15) is 20.2 Å². The average molecular weight is 406 g/mol. The maximum absolute atomic E-state index is 11.5. The lowest BCUT2D eigenvalue weighted by Crippen LogP contribution is -2.29. The van der Waals surface area contributed by atoms with E-state index in [1.165, 1.54) is 0 Å². The van der Waals surface area contributed by atoms with Crippen molar-refractivity contribution in [2.24, 2.45) is 0 Å². The smallest absolute Gasteiger partial charge is 0.423 e. The molecule has 0 saturated heterocycles. The van der Waals surface area contributed by atoms with E-state index in [1.807, 2.05) is 4.57 Å². The van der Waals surface area contributed by atoms with Gasteiger partial charge in [0.2, 0.25) is 0 Å². The number of hydrogen-bond donors (Lipinski definition) is 2. The van der Waals surface area contributed by atoms with Gasteiger partial charge in [-0.15, -0.1) is 0 Å². The topological polar surface area (TPSA) is 101 Å². The Labute approximate surface area is 164 Å². The number of fused-ring (bicyclic) bond motifs is 1. The average Bonchev–Trinajstić information content (AvgIpc) is 3.41. The van der Waals surface area contributed by atoms with Gasteiger partial charge >= 0.3 is 12.8 Å². The van der Waals surface area contributed by atoms with E-state index < -0.39 is 12.0 Å². The zero-order chi connectivity index (χ0) is 19.3. The van der Waals surface area contributed by atoms with Crippen LogP contribution < -0.4 is 5.46 Å². The van der Waals surface area contributed by atoms with Crippen LogP contribution in [0.4, 0.5) is 5.69 Å². The van der Waals surface area contributed by atoms with Crippen molar-refractivity contribution in [2.75, 3.05) is 0 Å². The molecule has 1 heterocycles. The Bertz CT molecular complexity index is 1050. The second-order valence-electron chi connectivity index (χ2n) is 6.59. The summed E-state index contributed by atoms with van der Waals surface area (Å²) in [7, 11) is -1.53. The SMILES string of the molecule is O=[N+]([O-])c1c(Cl)c(Cl)cc2c1nc(C1CC1)n2Cc1ccc(B(O)O)cc1. The van der Waals surface area contributed by atoms with Crippen LogP contribution in [0.3, 0.4) is 0 Å². The number of benzene rings is 2. The molecule has 0 bridgehead atoms. The number of nitro groups is 1. The van der Waals surface area contributed by atoms with Gasteiger partial charge in [0.25, 0.3) is 0 Å². The zero-order valence-electron chi connectivity index (χ0n) is 14.0. The molecule has 0 atom stereocenters. The summed E-state index contributed by atoms with van der Waals surface area (Å²) in [6.45, 7) is 0.430. The number of nitrogens with zero attached hydrogens (tertiary/aromatic N) is 3. The molecule has 4 rings (SSSR count). The van der Waals surface area contributed by atoms with Crippen molar-refractivity contribution < 1.29 is 15.0 Å². The lowest BCUT2D eigenvalue weighted by Gasteiger charge is -2.10. The maximum atomic E-state index is 11.5. The number of hydrogen-bond acceptors (Lipinski definition) is 5. The zero-order valence-corrected chi connectivity index (χ0v) is 15.5. The van der Waals surface area contributed by atoms with Crippen LogP contribution >= 0.6 is 23.2 Å². The van der Waals surface area contributed by atoms with Crippen LogP contribution in [0.1, 0.15) is 30.1 Å². The van der Waals surface area contributed by atoms with Crippen molar-refractivity contribution in [3.8, 4) is 0 Å². The van der Waals surface area contributed by atoms with E-state index in [0.717, 1.165) is 24.2 Å². The lowest BCUT2D eigenvalue weighted by atomic mass is 9.80. The van der Waals surface area contributed by atoms with Gasteiger partial charge in [0, 0.05) is 12.5 Å². The minimum absolute atomic E-state index is 0.109. The van der Waals surface area contributed by atoms with Crippen LogP contribution in [0.15, 0.2) is 30.3 Å². The summed E-state index contributed by atoms with van der Waals surface area (Å²) in [4.78, 5) is 15.5. The van der Waals surface area contributed by atoms with Gasteiger partial charge in [-0.25, -0.2) is 4.98 Å². The summed E-state index contributed by atoms with van der Waals surface area (Å²) in [5.41, 5.74) is 1.80. The highest BCUT2D eigenvalue weighted by atomic mass is 35.5. The number of rotatable bonds is 5. The first-order valence-corrected chi connectivity index (χ1v) is 9.10. The molecule has 2 aromatic carbocycles. The molecule has 1 aromatic heterocycles. The minimum Gasteiger partial charge on any atom is -0.423 e. The monoisotopic (exact) mass is 405 g/mol. The van der Waals surface area contributed by atoms with Crippen molar-refractivity contribution >= 4 is 52.5 Å². The lowest BCUT2D eigenvalue weighted by molar-refractivity contribution is -0.383. The summed E-state index contributed by atoms with van der Waals surface area (Å²) in [5.74, 6) is 1.03. The van der Waals surface area contributed by atoms with Crippen molar-refractivity contribution in [3.05, 3.63) is 61.9 Å². The second-order valence-corrected chi connectivity index (χ2v) is 7.38. The van der Waals surface area contributed by atoms with Crippen LogP contribution in [0, 0.1) is 10.1 Å². The standard InChI is InChI=1S/C17H14BCl2N3O4/c19-12-7-13-15(16(14(12)20)23(26)27)21-17(10-3-4-10)22(13)8-9-1-5-11(6-2-9)18(24)25/h1-2,5-7,10,24-25H,3-4,8H2. The molecule has 1 saturated carbocycles. The maximum Gasteiger partial charge on any atom is 0.488 e. The third kappa shape index (κ3) is 3.30. The van der Waals surface area contributed by atoms with E-state index in [1.54, 1.807) is 30.3 Å². The van der Waals surface area contributed by atoms with E-state index in [0.29, 0.717) is 17.5 Å². The molecule has 0 amide bonds. The van der Waals surface area contributed by atoms with Gasteiger partial charge < -0.3 is 14.6 Å². The molecule has 3 aromatic rings. The predicted octanol–water partition coefficient (Wildman–Crippen LogP) is 2.86. The first-order valence-electron chi connectivity index (χ1n) is 8.34. The first-order chi connectivity index (χ1) is 12.9. The largest absolute Gasteiger partial charge is 0.488 e. The molecule has 2 N–H and O–H groups in total. The van der Waals surface area contributed by atoms with Crippen molar-refractivity contribution in [2.45, 2.75) is 25.3 Å². The Kier molecular flexibility index (Phi) is 4.59. The third-order valence-electron chi connectivity index (χ3n) is 4.69. The molecule has 138 valence electrons. The highest BCUT2D eigenvalue weighted by Gasteiger charge is 2.33. The van der Waals surface area contributed by atoms with E-state index in [4.69, 9.17) is 23.2 Å². The Morgan fingerprint density at radius 1 is 1.26 bits per heavy atom. The highest BCUT2D eigenvalue weighted by molar-refractivity contribution is 6.58. The van der Waals surface area contributed by atoms with E-state index in [-0.39, 0.29) is 27.2 Å². The summed E-state index contributed by atoms with van der Waals surface area (Å²) in [5, 5.41) is 30.0. The Morgan fingerprint density at radius 2 is 1.93 bits per heavy atom. The van der Waals surface area contributed by atoms with Gasteiger partial charge in [0.15, 0.2) is 5.52 Å². The quantitative estimate of drug-likeness (QED) is 0.386. The highest BCUT2D eigenvalue weighted by Crippen LogP contribution is 2.44. The number of aromatic nitrogens is 2. The Balaban J connectivity index is 1.86. The van der Waals surface area contributed by atoms with Crippen molar-refractivity contribution in [3.63, 3.8) is 0 Å². The summed E-state index contributed by atoms with van der Waals surface area (Å²) in [6.07, 6.45) is 1.96. The van der Waals surface area contributed by atoms with Crippen LogP contribution in [0.2, 0.25) is 10.0 Å². The van der Waals surface area contributed by atoms with Crippen LogP contribution in [-0.4, -0.2) is 31.6 Å². The van der Waals surface area contributed by atoms with Gasteiger partial charge in [-0.2, -0.15) is 0 Å². The number of imidazole rings is 1. The van der Waals surface area contributed by atoms with Gasteiger partial charge in [-0.1, -0.05) is 47.5 Å². The molecular weight excluding hydrogens is 392 g/mol. The van der Waals surface area contributed by atoms with Gasteiger partial charge in [-0.05, 0) is 29.9 Å². The van der Waals surface area contributed by atoms with Gasteiger partial charge in [-0.3, -0.25) is 10.1 Å². The molecule has 0 spiro atoms. The van der Waals surface area contributed by atoms with Crippen molar-refractivity contribution in [1.29, 1.82) is 0 Å². The van der Waals surface area contributed by atoms with E-state index >= 15 is 0 Å². The van der Waals surface area contributed by atoms with Gasteiger partial charge in [0.05, 0.1) is 15.5 Å². The molecule has 10 heteroatoms. The molecule has 1 fully saturated rings. The number of nitro benzene ring substituents is 1. The van der Waals surface area contributed by atoms with Crippen LogP contribution in [0.5, 0.6) is 0 Å². The summed E-state index contributed by atoms with van der Waals surface area (Å²) >= 11 is 12.2. The molecule has 0 aliphatic heterocycles. The molecule has 0 unspecified atom stereocenters. The molecule has 0 radical (unpaired) electrons. The first kappa shape index (κ1) is 18.2. The minimum atomic E-state index is -1.53. The second kappa shape index (κ2) is 6.80.